The first kappa shape index (κ1) is 14.1. The number of rotatable bonds is 5. The van der Waals surface area contributed by atoms with Gasteiger partial charge in [-0.1, -0.05) is 19.9 Å². The third-order valence-corrected chi connectivity index (χ3v) is 2.60. The van der Waals surface area contributed by atoms with E-state index in [1.807, 2.05) is 13.8 Å². The minimum Gasteiger partial charge on any atom is -0.392 e. The maximum absolute atomic E-state index is 13.1. The van der Waals surface area contributed by atoms with Crippen molar-refractivity contribution in [3.8, 4) is 0 Å². The van der Waals surface area contributed by atoms with E-state index in [9.17, 15) is 13.9 Å². The van der Waals surface area contributed by atoms with E-state index < -0.39 is 17.7 Å². The van der Waals surface area contributed by atoms with Gasteiger partial charge in [-0.15, -0.1) is 0 Å². The molecule has 0 spiro atoms. The van der Waals surface area contributed by atoms with Crippen LogP contribution in [0.5, 0.6) is 0 Å². The minimum atomic E-state index is -0.841. The molecule has 2 nitrogen and oxygen atoms in total. The van der Waals surface area contributed by atoms with Crippen LogP contribution in [0.2, 0.25) is 0 Å². The lowest BCUT2D eigenvalue weighted by Gasteiger charge is -2.24. The number of aliphatic hydroxyl groups excluding tert-OH is 1. The Kier molecular flexibility index (Phi) is 5.02. The maximum atomic E-state index is 13.1. The molecule has 0 amide bonds. The molecule has 1 aromatic rings. The predicted molar refractivity (Wildman–Crippen MR) is 63.6 cm³/mol. The molecule has 1 rings (SSSR count). The predicted octanol–water partition coefficient (Wildman–Crippen LogP) is 2.63. The molecule has 17 heavy (non-hydrogen) atoms. The second-order valence-electron chi connectivity index (χ2n) is 4.65. The summed E-state index contributed by atoms with van der Waals surface area (Å²) >= 11 is 0. The van der Waals surface area contributed by atoms with Crippen LogP contribution in [0.3, 0.4) is 0 Å². The van der Waals surface area contributed by atoms with Crippen molar-refractivity contribution in [1.29, 1.82) is 0 Å². The third kappa shape index (κ3) is 4.06. The number of aliphatic hydroxyl groups is 1. The fourth-order valence-electron chi connectivity index (χ4n) is 1.74. The lowest BCUT2D eigenvalue weighted by atomic mass is 9.95. The molecule has 0 aliphatic heterocycles. The Morgan fingerprint density at radius 1 is 1.18 bits per heavy atom. The highest BCUT2D eigenvalue weighted by molar-refractivity contribution is 5.21. The van der Waals surface area contributed by atoms with E-state index >= 15 is 0 Å². The quantitative estimate of drug-likeness (QED) is 0.833. The van der Waals surface area contributed by atoms with Crippen molar-refractivity contribution < 1.29 is 13.9 Å². The molecular weight excluding hydrogens is 224 g/mol. The second kappa shape index (κ2) is 6.07. The van der Waals surface area contributed by atoms with Gasteiger partial charge in [-0.25, -0.2) is 8.78 Å². The average Bonchev–Trinajstić information content (AvgIpc) is 2.22. The van der Waals surface area contributed by atoms with Crippen molar-refractivity contribution in [1.82, 2.24) is 5.32 Å². The Hall–Kier alpha value is -1.00. The number of hydrogen-bond acceptors (Lipinski definition) is 2. The average molecular weight is 243 g/mol. The molecule has 4 heteroatoms. The molecule has 0 bridgehead atoms. The van der Waals surface area contributed by atoms with Crippen LogP contribution in [0.1, 0.15) is 32.4 Å². The summed E-state index contributed by atoms with van der Waals surface area (Å²) in [5.74, 6) is -1.46. The second-order valence-corrected chi connectivity index (χ2v) is 4.65. The SMILES string of the molecule is CC(O)CNC(c1ccc(F)c(F)c1)C(C)C. The molecule has 0 fully saturated rings. The van der Waals surface area contributed by atoms with Gasteiger partial charge >= 0.3 is 0 Å². The zero-order valence-electron chi connectivity index (χ0n) is 10.4. The summed E-state index contributed by atoms with van der Waals surface area (Å²) < 4.78 is 26.0. The first-order valence-electron chi connectivity index (χ1n) is 5.78. The molecule has 0 aliphatic carbocycles. The molecule has 0 aromatic heterocycles. The number of nitrogens with one attached hydrogen (secondary N) is 1. The van der Waals surface area contributed by atoms with Gasteiger partial charge in [0.25, 0.3) is 0 Å². The van der Waals surface area contributed by atoms with Crippen LogP contribution in [0.15, 0.2) is 18.2 Å². The zero-order valence-corrected chi connectivity index (χ0v) is 10.4. The first-order valence-corrected chi connectivity index (χ1v) is 5.78. The molecule has 0 saturated carbocycles. The summed E-state index contributed by atoms with van der Waals surface area (Å²) in [4.78, 5) is 0. The monoisotopic (exact) mass is 243 g/mol. The van der Waals surface area contributed by atoms with Gasteiger partial charge in [0, 0.05) is 12.6 Å². The molecular formula is C13H19F2NO. The smallest absolute Gasteiger partial charge is 0.159 e. The molecule has 1 aromatic carbocycles. The van der Waals surface area contributed by atoms with Gasteiger partial charge in [-0.05, 0) is 30.5 Å². The number of benzene rings is 1. The molecule has 0 radical (unpaired) electrons. The number of hydrogen-bond donors (Lipinski definition) is 2. The Bertz CT molecular complexity index is 366. The fraction of sp³-hybridized carbons (Fsp3) is 0.538. The van der Waals surface area contributed by atoms with Crippen molar-refractivity contribution in [2.75, 3.05) is 6.54 Å². The highest BCUT2D eigenvalue weighted by Gasteiger charge is 2.17. The van der Waals surface area contributed by atoms with Gasteiger partial charge in [0.05, 0.1) is 6.10 Å². The Morgan fingerprint density at radius 2 is 1.82 bits per heavy atom. The van der Waals surface area contributed by atoms with E-state index in [2.05, 4.69) is 5.32 Å². The van der Waals surface area contributed by atoms with E-state index in [1.165, 1.54) is 6.07 Å². The molecule has 2 N–H and O–H groups in total. The van der Waals surface area contributed by atoms with E-state index in [0.717, 1.165) is 6.07 Å². The normalized spacial score (nSPS) is 15.0. The van der Waals surface area contributed by atoms with Crippen LogP contribution in [-0.4, -0.2) is 17.8 Å². The van der Waals surface area contributed by atoms with Crippen LogP contribution < -0.4 is 5.32 Å². The highest BCUT2D eigenvalue weighted by Crippen LogP contribution is 2.23. The van der Waals surface area contributed by atoms with Crippen LogP contribution in [0.25, 0.3) is 0 Å². The summed E-state index contributed by atoms with van der Waals surface area (Å²) in [6, 6.07) is 3.80. The Balaban J connectivity index is 2.85. The van der Waals surface area contributed by atoms with Crippen LogP contribution in [0.4, 0.5) is 8.78 Å². The summed E-state index contributed by atoms with van der Waals surface area (Å²) in [6.07, 6.45) is -0.471. The lowest BCUT2D eigenvalue weighted by Crippen LogP contribution is -2.31. The van der Waals surface area contributed by atoms with Crippen molar-refractivity contribution in [2.45, 2.75) is 32.9 Å². The van der Waals surface area contributed by atoms with Crippen LogP contribution in [0, 0.1) is 17.6 Å². The topological polar surface area (TPSA) is 32.3 Å². The lowest BCUT2D eigenvalue weighted by molar-refractivity contribution is 0.181. The molecule has 96 valence electrons. The Morgan fingerprint density at radius 3 is 2.29 bits per heavy atom. The maximum Gasteiger partial charge on any atom is 0.159 e. The molecule has 0 heterocycles. The molecule has 2 unspecified atom stereocenters. The van der Waals surface area contributed by atoms with Gasteiger partial charge < -0.3 is 10.4 Å². The first-order chi connectivity index (χ1) is 7.91. The molecule has 2 atom stereocenters. The summed E-state index contributed by atoms with van der Waals surface area (Å²) in [5.41, 5.74) is 0.694. The summed E-state index contributed by atoms with van der Waals surface area (Å²) in [6.45, 7) is 6.07. The van der Waals surface area contributed by atoms with Gasteiger partial charge in [0.2, 0.25) is 0 Å². The number of halogens is 2. The summed E-state index contributed by atoms with van der Waals surface area (Å²) in [7, 11) is 0. The minimum absolute atomic E-state index is 0.0975. The standard InChI is InChI=1S/C13H19F2NO/c1-8(2)13(16-7-9(3)17)10-4-5-11(14)12(15)6-10/h4-6,8-9,13,16-17H,7H2,1-3H3. The third-order valence-electron chi connectivity index (χ3n) is 2.60. The summed E-state index contributed by atoms with van der Waals surface area (Å²) in [5, 5.41) is 12.4. The van der Waals surface area contributed by atoms with Crippen molar-refractivity contribution >= 4 is 0 Å². The zero-order chi connectivity index (χ0) is 13.0. The van der Waals surface area contributed by atoms with Crippen LogP contribution in [-0.2, 0) is 0 Å². The van der Waals surface area contributed by atoms with E-state index in [4.69, 9.17) is 0 Å². The van der Waals surface area contributed by atoms with Crippen molar-refractivity contribution in [3.63, 3.8) is 0 Å². The largest absolute Gasteiger partial charge is 0.392 e. The van der Waals surface area contributed by atoms with Gasteiger partial charge in [0.15, 0.2) is 11.6 Å². The molecule has 0 saturated heterocycles. The van der Waals surface area contributed by atoms with E-state index in [1.54, 1.807) is 13.0 Å². The van der Waals surface area contributed by atoms with Crippen LogP contribution >= 0.6 is 0 Å². The fourth-order valence-corrected chi connectivity index (χ4v) is 1.74. The van der Waals surface area contributed by atoms with E-state index in [0.29, 0.717) is 12.1 Å². The van der Waals surface area contributed by atoms with Crippen molar-refractivity contribution in [2.24, 2.45) is 5.92 Å². The molecule has 0 aliphatic rings. The highest BCUT2D eigenvalue weighted by atomic mass is 19.2. The van der Waals surface area contributed by atoms with Gasteiger partial charge in [-0.2, -0.15) is 0 Å². The van der Waals surface area contributed by atoms with Gasteiger partial charge in [-0.3, -0.25) is 0 Å². The van der Waals surface area contributed by atoms with Crippen molar-refractivity contribution in [3.05, 3.63) is 35.4 Å². The van der Waals surface area contributed by atoms with Gasteiger partial charge in [0.1, 0.15) is 0 Å². The Labute approximate surface area is 101 Å². The van der Waals surface area contributed by atoms with E-state index in [-0.39, 0.29) is 12.0 Å².